The normalized spacial score (nSPS) is 18.4. The second-order valence-electron chi connectivity index (χ2n) is 5.40. The van der Waals surface area contributed by atoms with E-state index in [0.29, 0.717) is 6.04 Å². The molecule has 0 amide bonds. The summed E-state index contributed by atoms with van der Waals surface area (Å²) in [5.74, 6) is 0.989. The number of aryl methyl sites for hydroxylation is 1. The van der Waals surface area contributed by atoms with Gasteiger partial charge in [0, 0.05) is 6.04 Å². The standard InChI is InChI=1S/C16H25N/c1-17-16(13-15-9-5-6-10-15)12-11-14-7-3-2-4-8-14/h2-4,7-8,15-17H,5-6,9-13H2,1H3. The van der Waals surface area contributed by atoms with Gasteiger partial charge in [0.2, 0.25) is 0 Å². The third-order valence-corrected chi connectivity index (χ3v) is 4.13. The van der Waals surface area contributed by atoms with Crippen molar-refractivity contribution in [1.82, 2.24) is 5.32 Å². The van der Waals surface area contributed by atoms with Gasteiger partial charge in [0.15, 0.2) is 0 Å². The smallest absolute Gasteiger partial charge is 0.00698 e. The van der Waals surface area contributed by atoms with Crippen LogP contribution in [0, 0.1) is 5.92 Å². The maximum atomic E-state index is 3.50. The van der Waals surface area contributed by atoms with Crippen molar-refractivity contribution in [2.45, 2.75) is 51.0 Å². The molecule has 1 heteroatoms. The highest BCUT2D eigenvalue weighted by Crippen LogP contribution is 2.29. The molecule has 0 spiro atoms. The molecular weight excluding hydrogens is 206 g/mol. The molecule has 17 heavy (non-hydrogen) atoms. The Balaban J connectivity index is 1.75. The number of benzene rings is 1. The number of rotatable bonds is 6. The lowest BCUT2D eigenvalue weighted by Gasteiger charge is -2.20. The molecule has 1 aliphatic carbocycles. The minimum absolute atomic E-state index is 0.707. The second kappa shape index (κ2) is 6.80. The lowest BCUT2D eigenvalue weighted by atomic mass is 9.94. The van der Waals surface area contributed by atoms with Crippen molar-refractivity contribution in [3.05, 3.63) is 35.9 Å². The molecule has 1 saturated carbocycles. The van der Waals surface area contributed by atoms with Crippen LogP contribution in [0.4, 0.5) is 0 Å². The first kappa shape index (κ1) is 12.6. The van der Waals surface area contributed by atoms with Gasteiger partial charge in [0.25, 0.3) is 0 Å². The molecule has 1 aromatic carbocycles. The predicted molar refractivity (Wildman–Crippen MR) is 74.2 cm³/mol. The molecule has 94 valence electrons. The minimum Gasteiger partial charge on any atom is -0.317 e. The van der Waals surface area contributed by atoms with E-state index in [-0.39, 0.29) is 0 Å². The monoisotopic (exact) mass is 231 g/mol. The van der Waals surface area contributed by atoms with Gasteiger partial charge < -0.3 is 5.32 Å². The minimum atomic E-state index is 0.707. The molecule has 1 fully saturated rings. The molecule has 1 aliphatic rings. The summed E-state index contributed by atoms with van der Waals surface area (Å²) in [6.07, 6.45) is 9.70. The first-order valence-corrected chi connectivity index (χ1v) is 7.09. The largest absolute Gasteiger partial charge is 0.317 e. The van der Waals surface area contributed by atoms with E-state index in [1.165, 1.54) is 50.5 Å². The van der Waals surface area contributed by atoms with Crippen molar-refractivity contribution in [3.63, 3.8) is 0 Å². The Bertz CT molecular complexity index is 301. The number of hydrogen-bond donors (Lipinski definition) is 1. The van der Waals surface area contributed by atoms with E-state index in [0.717, 1.165) is 5.92 Å². The number of nitrogens with one attached hydrogen (secondary N) is 1. The maximum absolute atomic E-state index is 3.50. The fraction of sp³-hybridized carbons (Fsp3) is 0.625. The van der Waals surface area contributed by atoms with Crippen LogP contribution in [0.15, 0.2) is 30.3 Å². The van der Waals surface area contributed by atoms with Crippen molar-refractivity contribution in [2.75, 3.05) is 7.05 Å². The summed E-state index contributed by atoms with van der Waals surface area (Å²) in [5.41, 5.74) is 1.47. The van der Waals surface area contributed by atoms with E-state index in [1.807, 2.05) is 0 Å². The molecule has 1 nitrogen and oxygen atoms in total. The molecule has 0 heterocycles. The van der Waals surface area contributed by atoms with Crippen LogP contribution in [0.2, 0.25) is 0 Å². The van der Waals surface area contributed by atoms with Gasteiger partial charge in [-0.1, -0.05) is 56.0 Å². The van der Waals surface area contributed by atoms with Crippen LogP contribution in [-0.4, -0.2) is 13.1 Å². The van der Waals surface area contributed by atoms with Gasteiger partial charge in [0.05, 0.1) is 0 Å². The third-order valence-electron chi connectivity index (χ3n) is 4.13. The Hall–Kier alpha value is -0.820. The van der Waals surface area contributed by atoms with Crippen molar-refractivity contribution in [3.8, 4) is 0 Å². The second-order valence-corrected chi connectivity index (χ2v) is 5.40. The first-order chi connectivity index (χ1) is 8.38. The molecule has 1 N–H and O–H groups in total. The highest BCUT2D eigenvalue weighted by Gasteiger charge is 2.18. The van der Waals surface area contributed by atoms with Gasteiger partial charge in [-0.05, 0) is 37.8 Å². The zero-order valence-electron chi connectivity index (χ0n) is 11.0. The molecule has 0 aromatic heterocycles. The lowest BCUT2D eigenvalue weighted by molar-refractivity contribution is 0.388. The molecule has 0 saturated heterocycles. The van der Waals surface area contributed by atoms with Crippen molar-refractivity contribution >= 4 is 0 Å². The Morgan fingerprint density at radius 3 is 2.53 bits per heavy atom. The quantitative estimate of drug-likeness (QED) is 0.785. The van der Waals surface area contributed by atoms with Gasteiger partial charge in [-0.15, -0.1) is 0 Å². The fourth-order valence-corrected chi connectivity index (χ4v) is 3.01. The average molecular weight is 231 g/mol. The summed E-state index contributed by atoms with van der Waals surface area (Å²) in [4.78, 5) is 0. The molecule has 0 bridgehead atoms. The summed E-state index contributed by atoms with van der Waals surface area (Å²) in [6.45, 7) is 0. The number of hydrogen-bond acceptors (Lipinski definition) is 1. The van der Waals surface area contributed by atoms with Crippen LogP contribution in [0.25, 0.3) is 0 Å². The van der Waals surface area contributed by atoms with Crippen LogP contribution < -0.4 is 5.32 Å². The van der Waals surface area contributed by atoms with Crippen molar-refractivity contribution in [2.24, 2.45) is 5.92 Å². The Morgan fingerprint density at radius 2 is 1.88 bits per heavy atom. The van der Waals surface area contributed by atoms with Crippen molar-refractivity contribution < 1.29 is 0 Å². The molecule has 1 aromatic rings. The van der Waals surface area contributed by atoms with Crippen molar-refractivity contribution in [1.29, 1.82) is 0 Å². The summed E-state index contributed by atoms with van der Waals surface area (Å²) in [6, 6.07) is 11.6. The molecule has 0 radical (unpaired) electrons. The molecule has 0 aliphatic heterocycles. The summed E-state index contributed by atoms with van der Waals surface area (Å²) in [5, 5.41) is 3.50. The van der Waals surface area contributed by atoms with Gasteiger partial charge in [-0.2, -0.15) is 0 Å². The van der Waals surface area contributed by atoms with Gasteiger partial charge in [-0.3, -0.25) is 0 Å². The van der Waals surface area contributed by atoms with E-state index >= 15 is 0 Å². The fourth-order valence-electron chi connectivity index (χ4n) is 3.01. The van der Waals surface area contributed by atoms with Crippen LogP contribution in [-0.2, 0) is 6.42 Å². The highest BCUT2D eigenvalue weighted by molar-refractivity contribution is 5.14. The zero-order chi connectivity index (χ0) is 11.9. The summed E-state index contributed by atoms with van der Waals surface area (Å²) in [7, 11) is 2.12. The SMILES string of the molecule is CNC(CCc1ccccc1)CC1CCCC1. The lowest BCUT2D eigenvalue weighted by Crippen LogP contribution is -2.27. The molecular formula is C16H25N. The first-order valence-electron chi connectivity index (χ1n) is 7.09. The summed E-state index contributed by atoms with van der Waals surface area (Å²) >= 11 is 0. The van der Waals surface area contributed by atoms with E-state index in [9.17, 15) is 0 Å². The van der Waals surface area contributed by atoms with Crippen LogP contribution in [0.5, 0.6) is 0 Å². The van der Waals surface area contributed by atoms with Crippen LogP contribution >= 0.6 is 0 Å². The molecule has 1 unspecified atom stereocenters. The zero-order valence-corrected chi connectivity index (χ0v) is 11.0. The van der Waals surface area contributed by atoms with Crippen LogP contribution in [0.3, 0.4) is 0 Å². The van der Waals surface area contributed by atoms with E-state index in [4.69, 9.17) is 0 Å². The molecule has 1 atom stereocenters. The Labute approximate surface area is 106 Å². The van der Waals surface area contributed by atoms with Crippen LogP contribution in [0.1, 0.15) is 44.1 Å². The van der Waals surface area contributed by atoms with E-state index in [2.05, 4.69) is 42.7 Å². The summed E-state index contributed by atoms with van der Waals surface area (Å²) < 4.78 is 0. The highest BCUT2D eigenvalue weighted by atomic mass is 14.9. The molecule has 2 rings (SSSR count). The average Bonchev–Trinajstić information content (AvgIpc) is 2.88. The van der Waals surface area contributed by atoms with E-state index in [1.54, 1.807) is 0 Å². The van der Waals surface area contributed by atoms with Gasteiger partial charge in [-0.25, -0.2) is 0 Å². The van der Waals surface area contributed by atoms with Gasteiger partial charge in [0.1, 0.15) is 0 Å². The van der Waals surface area contributed by atoms with E-state index < -0.39 is 0 Å². The topological polar surface area (TPSA) is 12.0 Å². The van der Waals surface area contributed by atoms with Gasteiger partial charge >= 0.3 is 0 Å². The Morgan fingerprint density at radius 1 is 1.18 bits per heavy atom. The third kappa shape index (κ3) is 4.16. The maximum Gasteiger partial charge on any atom is 0.00698 e. The predicted octanol–water partition coefficient (Wildman–Crippen LogP) is 3.79. The Kier molecular flexibility index (Phi) is 5.06.